The van der Waals surface area contributed by atoms with Gasteiger partial charge in [-0.3, -0.25) is 4.79 Å². The maximum atomic E-state index is 11.9. The van der Waals surface area contributed by atoms with Gasteiger partial charge in [-0.2, -0.15) is 0 Å². The Morgan fingerprint density at radius 1 is 1.47 bits per heavy atom. The summed E-state index contributed by atoms with van der Waals surface area (Å²) in [5.74, 6) is 0.924. The first-order valence-electron chi connectivity index (χ1n) is 6.26. The first-order chi connectivity index (χ1) is 7.27. The molecule has 0 bridgehead atoms. The normalized spacial score (nSPS) is 20.5. The fourth-order valence-corrected chi connectivity index (χ4v) is 2.07. The van der Waals surface area contributed by atoms with Crippen LogP contribution in [0, 0.1) is 5.92 Å². The number of hydrogen-bond acceptors (Lipinski definition) is 2. The molecule has 3 nitrogen and oxygen atoms in total. The summed E-state index contributed by atoms with van der Waals surface area (Å²) in [4.78, 5) is 13.9. The second-order valence-corrected chi connectivity index (χ2v) is 4.39. The Kier molecular flexibility index (Phi) is 5.69. The molecule has 1 aliphatic rings. The molecule has 88 valence electrons. The van der Waals surface area contributed by atoms with Crippen LogP contribution in [0.1, 0.15) is 39.5 Å². The van der Waals surface area contributed by atoms with Crippen molar-refractivity contribution in [3.05, 3.63) is 0 Å². The monoisotopic (exact) mass is 212 g/mol. The lowest BCUT2D eigenvalue weighted by Crippen LogP contribution is -2.33. The van der Waals surface area contributed by atoms with Crippen LogP contribution in [-0.4, -0.2) is 37.0 Å². The SMILES string of the molecule is CCCCN(CC)C(=O)CC1CCNC1. The van der Waals surface area contributed by atoms with E-state index in [0.29, 0.717) is 11.8 Å². The molecule has 0 radical (unpaired) electrons. The van der Waals surface area contributed by atoms with Gasteiger partial charge in [0.15, 0.2) is 0 Å². The minimum atomic E-state index is 0.347. The van der Waals surface area contributed by atoms with Gasteiger partial charge in [0.25, 0.3) is 0 Å². The van der Waals surface area contributed by atoms with E-state index >= 15 is 0 Å². The van der Waals surface area contributed by atoms with Gasteiger partial charge in [0.05, 0.1) is 0 Å². The number of rotatable bonds is 6. The van der Waals surface area contributed by atoms with Crippen molar-refractivity contribution in [2.24, 2.45) is 5.92 Å². The zero-order valence-electron chi connectivity index (χ0n) is 10.1. The summed E-state index contributed by atoms with van der Waals surface area (Å²) in [7, 11) is 0. The molecule has 1 heterocycles. The third-order valence-electron chi connectivity index (χ3n) is 3.14. The lowest BCUT2D eigenvalue weighted by Gasteiger charge is -2.22. The highest BCUT2D eigenvalue weighted by Crippen LogP contribution is 2.14. The zero-order valence-corrected chi connectivity index (χ0v) is 10.1. The summed E-state index contributed by atoms with van der Waals surface area (Å²) < 4.78 is 0. The van der Waals surface area contributed by atoms with Crippen molar-refractivity contribution in [2.75, 3.05) is 26.2 Å². The van der Waals surface area contributed by atoms with Gasteiger partial charge in [-0.15, -0.1) is 0 Å². The van der Waals surface area contributed by atoms with Crippen LogP contribution in [0.25, 0.3) is 0 Å². The van der Waals surface area contributed by atoms with Crippen LogP contribution in [0.5, 0.6) is 0 Å². The standard InChI is InChI=1S/C12H24N2O/c1-3-5-8-14(4-2)12(15)9-11-6-7-13-10-11/h11,13H,3-10H2,1-2H3. The van der Waals surface area contributed by atoms with Crippen molar-refractivity contribution in [3.8, 4) is 0 Å². The van der Waals surface area contributed by atoms with Crippen LogP contribution in [0.4, 0.5) is 0 Å². The Balaban J connectivity index is 2.28. The van der Waals surface area contributed by atoms with Crippen LogP contribution in [0.15, 0.2) is 0 Å². The Bertz CT molecular complexity index is 188. The summed E-state index contributed by atoms with van der Waals surface area (Å²) in [6.45, 7) is 8.14. The molecule has 3 heteroatoms. The van der Waals surface area contributed by atoms with Crippen molar-refractivity contribution < 1.29 is 4.79 Å². The topological polar surface area (TPSA) is 32.3 Å². The molecule has 1 amide bonds. The summed E-state index contributed by atoms with van der Waals surface area (Å²) in [6.07, 6.45) is 4.19. The van der Waals surface area contributed by atoms with E-state index in [4.69, 9.17) is 0 Å². The molecule has 0 aromatic rings. The minimum Gasteiger partial charge on any atom is -0.343 e. The molecular formula is C12H24N2O. The van der Waals surface area contributed by atoms with E-state index < -0.39 is 0 Å². The van der Waals surface area contributed by atoms with Crippen LogP contribution < -0.4 is 5.32 Å². The third kappa shape index (κ3) is 4.20. The van der Waals surface area contributed by atoms with Gasteiger partial charge in [0.2, 0.25) is 5.91 Å². The van der Waals surface area contributed by atoms with Crippen LogP contribution in [-0.2, 0) is 4.79 Å². The van der Waals surface area contributed by atoms with Gasteiger partial charge >= 0.3 is 0 Å². The fourth-order valence-electron chi connectivity index (χ4n) is 2.07. The van der Waals surface area contributed by atoms with Crippen LogP contribution in [0.3, 0.4) is 0 Å². The van der Waals surface area contributed by atoms with Crippen molar-refractivity contribution >= 4 is 5.91 Å². The molecule has 0 aromatic heterocycles. The second-order valence-electron chi connectivity index (χ2n) is 4.39. The van der Waals surface area contributed by atoms with E-state index in [9.17, 15) is 4.79 Å². The lowest BCUT2D eigenvalue weighted by atomic mass is 10.0. The average Bonchev–Trinajstić information content (AvgIpc) is 2.71. The van der Waals surface area contributed by atoms with Gasteiger partial charge in [-0.1, -0.05) is 13.3 Å². The molecule has 0 spiro atoms. The first kappa shape index (κ1) is 12.5. The van der Waals surface area contributed by atoms with Gasteiger partial charge in [-0.25, -0.2) is 0 Å². The number of nitrogens with zero attached hydrogens (tertiary/aromatic N) is 1. The molecule has 15 heavy (non-hydrogen) atoms. The smallest absolute Gasteiger partial charge is 0.222 e. The molecule has 1 aliphatic heterocycles. The van der Waals surface area contributed by atoms with Gasteiger partial charge < -0.3 is 10.2 Å². The van der Waals surface area contributed by atoms with Gasteiger partial charge in [0, 0.05) is 19.5 Å². The highest BCUT2D eigenvalue weighted by Gasteiger charge is 2.20. The molecule has 1 saturated heterocycles. The molecule has 1 rings (SSSR count). The predicted octanol–water partition coefficient (Wildman–Crippen LogP) is 1.63. The van der Waals surface area contributed by atoms with E-state index in [2.05, 4.69) is 19.2 Å². The predicted molar refractivity (Wildman–Crippen MR) is 62.8 cm³/mol. The lowest BCUT2D eigenvalue weighted by molar-refractivity contribution is -0.132. The zero-order chi connectivity index (χ0) is 11.1. The number of amides is 1. The Morgan fingerprint density at radius 3 is 2.80 bits per heavy atom. The molecule has 1 atom stereocenters. The fraction of sp³-hybridized carbons (Fsp3) is 0.917. The van der Waals surface area contributed by atoms with Crippen molar-refractivity contribution in [3.63, 3.8) is 0 Å². The Labute approximate surface area is 93.2 Å². The van der Waals surface area contributed by atoms with Crippen molar-refractivity contribution in [1.82, 2.24) is 10.2 Å². The molecule has 1 fully saturated rings. The summed E-state index contributed by atoms with van der Waals surface area (Å²) in [5.41, 5.74) is 0. The Morgan fingerprint density at radius 2 is 2.27 bits per heavy atom. The minimum absolute atomic E-state index is 0.347. The highest BCUT2D eigenvalue weighted by atomic mass is 16.2. The molecule has 0 aromatic carbocycles. The first-order valence-corrected chi connectivity index (χ1v) is 6.26. The Hall–Kier alpha value is -0.570. The van der Waals surface area contributed by atoms with Crippen molar-refractivity contribution in [1.29, 1.82) is 0 Å². The number of carbonyl (C=O) groups excluding carboxylic acids is 1. The molecule has 0 aliphatic carbocycles. The van der Waals surface area contributed by atoms with E-state index in [1.807, 2.05) is 4.90 Å². The van der Waals surface area contributed by atoms with E-state index in [0.717, 1.165) is 51.9 Å². The summed E-state index contributed by atoms with van der Waals surface area (Å²) in [5, 5.41) is 3.31. The van der Waals surface area contributed by atoms with Gasteiger partial charge in [0.1, 0.15) is 0 Å². The second kappa shape index (κ2) is 6.83. The van der Waals surface area contributed by atoms with Crippen LogP contribution in [0.2, 0.25) is 0 Å². The number of unbranched alkanes of at least 4 members (excludes halogenated alkanes) is 1. The molecular weight excluding hydrogens is 188 g/mol. The highest BCUT2D eigenvalue weighted by molar-refractivity contribution is 5.76. The van der Waals surface area contributed by atoms with Crippen molar-refractivity contribution in [2.45, 2.75) is 39.5 Å². The number of hydrogen-bond donors (Lipinski definition) is 1. The number of carbonyl (C=O) groups is 1. The van der Waals surface area contributed by atoms with Gasteiger partial charge in [-0.05, 0) is 38.8 Å². The van der Waals surface area contributed by atoms with E-state index in [1.54, 1.807) is 0 Å². The average molecular weight is 212 g/mol. The quantitative estimate of drug-likeness (QED) is 0.726. The molecule has 1 unspecified atom stereocenters. The summed E-state index contributed by atoms with van der Waals surface area (Å²) in [6, 6.07) is 0. The largest absolute Gasteiger partial charge is 0.343 e. The maximum absolute atomic E-state index is 11.9. The number of nitrogens with one attached hydrogen (secondary N) is 1. The van der Waals surface area contributed by atoms with E-state index in [-0.39, 0.29) is 0 Å². The summed E-state index contributed by atoms with van der Waals surface area (Å²) >= 11 is 0. The molecule has 0 saturated carbocycles. The third-order valence-corrected chi connectivity index (χ3v) is 3.14. The van der Waals surface area contributed by atoms with Crippen LogP contribution >= 0.6 is 0 Å². The van der Waals surface area contributed by atoms with E-state index in [1.165, 1.54) is 0 Å². The molecule has 1 N–H and O–H groups in total. The maximum Gasteiger partial charge on any atom is 0.222 e.